The van der Waals surface area contributed by atoms with Crippen molar-refractivity contribution in [3.63, 3.8) is 0 Å². The number of pyridine rings is 1. The Bertz CT molecular complexity index is 786. The van der Waals surface area contributed by atoms with Gasteiger partial charge in [-0.2, -0.15) is 0 Å². The molecule has 0 aromatic carbocycles. The van der Waals surface area contributed by atoms with Crippen molar-refractivity contribution in [2.24, 2.45) is 5.92 Å². The highest BCUT2D eigenvalue weighted by molar-refractivity contribution is 7.99. The summed E-state index contributed by atoms with van der Waals surface area (Å²) in [5.74, 6) is 2.42. The second-order valence-electron chi connectivity index (χ2n) is 7.69. The predicted octanol–water partition coefficient (Wildman–Crippen LogP) is 5.49. The van der Waals surface area contributed by atoms with Crippen LogP contribution in [0.25, 0.3) is 0 Å². The summed E-state index contributed by atoms with van der Waals surface area (Å²) in [6, 6.07) is 3.94. The van der Waals surface area contributed by atoms with Crippen LogP contribution < -0.4 is 10.1 Å². The van der Waals surface area contributed by atoms with Crippen molar-refractivity contribution in [2.45, 2.75) is 70.4 Å². The van der Waals surface area contributed by atoms with Gasteiger partial charge in [0.05, 0.1) is 23.2 Å². The normalized spacial score (nSPS) is 14.6. The molecule has 0 aliphatic heterocycles. The molecule has 0 unspecified atom stereocenters. The topological polar surface area (TPSA) is 64.1 Å². The van der Waals surface area contributed by atoms with E-state index in [-0.39, 0.29) is 18.4 Å². The Balaban J connectivity index is 1.68. The SMILES string of the molecule is Cc1cnc(NC(=O)Cc2cc(OC3CCCC3)cc(SCCC(C)C)n2)s1. The van der Waals surface area contributed by atoms with Crippen molar-refractivity contribution in [3.8, 4) is 5.75 Å². The second-order valence-corrected chi connectivity index (χ2v) is 10.0. The summed E-state index contributed by atoms with van der Waals surface area (Å²) in [5.41, 5.74) is 0.744. The first-order chi connectivity index (χ1) is 13.5. The molecule has 2 aromatic heterocycles. The fourth-order valence-electron chi connectivity index (χ4n) is 3.10. The number of hydrogen-bond donors (Lipinski definition) is 1. The van der Waals surface area contributed by atoms with Gasteiger partial charge in [-0.1, -0.05) is 13.8 Å². The fourth-order valence-corrected chi connectivity index (χ4v) is 4.96. The van der Waals surface area contributed by atoms with E-state index in [4.69, 9.17) is 9.72 Å². The number of carbonyl (C=O) groups excluding carboxylic acids is 1. The molecule has 28 heavy (non-hydrogen) atoms. The van der Waals surface area contributed by atoms with E-state index in [1.165, 1.54) is 24.2 Å². The monoisotopic (exact) mass is 419 g/mol. The van der Waals surface area contributed by atoms with Crippen molar-refractivity contribution in [2.75, 3.05) is 11.1 Å². The van der Waals surface area contributed by atoms with Gasteiger partial charge < -0.3 is 10.1 Å². The molecule has 1 saturated carbocycles. The molecule has 1 aliphatic rings. The van der Waals surface area contributed by atoms with Crippen LogP contribution in [-0.2, 0) is 11.2 Å². The molecule has 0 bridgehead atoms. The number of ether oxygens (including phenoxy) is 1. The number of aromatic nitrogens is 2. The summed E-state index contributed by atoms with van der Waals surface area (Å²) in [6.45, 7) is 6.42. The quantitative estimate of drug-likeness (QED) is 0.545. The third-order valence-corrected chi connectivity index (χ3v) is 6.36. The average Bonchev–Trinajstić information content (AvgIpc) is 3.26. The number of nitrogens with one attached hydrogen (secondary N) is 1. The van der Waals surface area contributed by atoms with E-state index in [9.17, 15) is 4.79 Å². The van der Waals surface area contributed by atoms with Gasteiger partial charge in [0.25, 0.3) is 0 Å². The highest BCUT2D eigenvalue weighted by Crippen LogP contribution is 2.28. The fraction of sp³-hybridized carbons (Fsp3) is 0.571. The maximum absolute atomic E-state index is 12.4. The molecule has 3 rings (SSSR count). The lowest BCUT2D eigenvalue weighted by Crippen LogP contribution is -2.16. The minimum atomic E-state index is -0.0991. The van der Waals surface area contributed by atoms with E-state index >= 15 is 0 Å². The van der Waals surface area contributed by atoms with Crippen LogP contribution in [0.4, 0.5) is 5.13 Å². The molecule has 152 valence electrons. The molecule has 1 fully saturated rings. The molecule has 0 spiro atoms. The van der Waals surface area contributed by atoms with E-state index in [1.54, 1.807) is 18.0 Å². The van der Waals surface area contributed by atoms with Crippen LogP contribution in [0.1, 0.15) is 56.5 Å². The van der Waals surface area contributed by atoms with Crippen molar-refractivity contribution < 1.29 is 9.53 Å². The Morgan fingerprint density at radius 2 is 2.14 bits per heavy atom. The maximum Gasteiger partial charge on any atom is 0.232 e. The number of anilines is 1. The Morgan fingerprint density at radius 3 is 2.82 bits per heavy atom. The smallest absolute Gasteiger partial charge is 0.232 e. The van der Waals surface area contributed by atoms with Crippen molar-refractivity contribution >= 4 is 34.1 Å². The molecule has 5 nitrogen and oxygen atoms in total. The highest BCUT2D eigenvalue weighted by atomic mass is 32.2. The molecule has 1 aliphatic carbocycles. The van der Waals surface area contributed by atoms with Crippen molar-refractivity contribution in [3.05, 3.63) is 28.9 Å². The number of aryl methyl sites for hydroxylation is 1. The lowest BCUT2D eigenvalue weighted by atomic mass is 10.2. The van der Waals surface area contributed by atoms with Crippen LogP contribution in [0.2, 0.25) is 0 Å². The number of hydrogen-bond acceptors (Lipinski definition) is 6. The summed E-state index contributed by atoms with van der Waals surface area (Å²) in [5, 5.41) is 4.43. The van der Waals surface area contributed by atoms with Gasteiger partial charge in [0.2, 0.25) is 5.91 Å². The Kier molecular flexibility index (Phi) is 7.73. The third-order valence-electron chi connectivity index (χ3n) is 4.59. The first-order valence-electron chi connectivity index (χ1n) is 10.0. The van der Waals surface area contributed by atoms with Gasteiger partial charge in [-0.15, -0.1) is 23.1 Å². The van der Waals surface area contributed by atoms with Gasteiger partial charge in [0, 0.05) is 23.2 Å². The largest absolute Gasteiger partial charge is 0.490 e. The molecule has 2 aromatic rings. The Labute approximate surface area is 175 Å². The predicted molar refractivity (Wildman–Crippen MR) is 116 cm³/mol. The van der Waals surface area contributed by atoms with E-state index in [2.05, 4.69) is 24.1 Å². The van der Waals surface area contributed by atoms with Crippen LogP contribution in [0.15, 0.2) is 23.4 Å². The second kappa shape index (κ2) is 10.3. The lowest BCUT2D eigenvalue weighted by Gasteiger charge is -2.15. The molecule has 1 amide bonds. The van der Waals surface area contributed by atoms with Crippen LogP contribution >= 0.6 is 23.1 Å². The van der Waals surface area contributed by atoms with Gasteiger partial charge in [-0.3, -0.25) is 4.79 Å². The average molecular weight is 420 g/mol. The zero-order chi connectivity index (χ0) is 19.9. The summed E-state index contributed by atoms with van der Waals surface area (Å²) in [6.07, 6.45) is 8.09. The zero-order valence-corrected chi connectivity index (χ0v) is 18.5. The zero-order valence-electron chi connectivity index (χ0n) is 16.9. The van der Waals surface area contributed by atoms with Gasteiger partial charge in [0.15, 0.2) is 5.13 Å². The van der Waals surface area contributed by atoms with Crippen LogP contribution in [0.3, 0.4) is 0 Å². The summed E-state index contributed by atoms with van der Waals surface area (Å²) in [7, 11) is 0. The van der Waals surface area contributed by atoms with Crippen molar-refractivity contribution in [1.82, 2.24) is 9.97 Å². The van der Waals surface area contributed by atoms with Gasteiger partial charge in [-0.25, -0.2) is 9.97 Å². The standard InChI is InChI=1S/C21H29N3O2S2/c1-14(2)8-9-27-20-12-18(26-17-6-4-5-7-17)10-16(23-20)11-19(25)24-21-22-13-15(3)28-21/h10,12-14,17H,4-9,11H2,1-3H3,(H,22,24,25). The number of thiazole rings is 1. The first-order valence-corrected chi connectivity index (χ1v) is 11.8. The first kappa shape index (κ1) is 21.1. The molecule has 0 saturated heterocycles. The number of thioether (sulfide) groups is 1. The van der Waals surface area contributed by atoms with E-state index in [0.717, 1.165) is 46.4 Å². The Hall–Kier alpha value is -1.60. The molecular weight excluding hydrogens is 390 g/mol. The van der Waals surface area contributed by atoms with Crippen LogP contribution in [-0.4, -0.2) is 27.7 Å². The van der Waals surface area contributed by atoms with E-state index < -0.39 is 0 Å². The van der Waals surface area contributed by atoms with Crippen LogP contribution in [0.5, 0.6) is 5.75 Å². The van der Waals surface area contributed by atoms with Gasteiger partial charge in [-0.05, 0) is 50.7 Å². The molecule has 2 heterocycles. The van der Waals surface area contributed by atoms with Crippen LogP contribution in [0, 0.1) is 12.8 Å². The number of nitrogens with zero attached hydrogens (tertiary/aromatic N) is 2. The highest BCUT2D eigenvalue weighted by Gasteiger charge is 2.18. The minimum absolute atomic E-state index is 0.0991. The number of amides is 1. The molecule has 7 heteroatoms. The van der Waals surface area contributed by atoms with E-state index in [1.807, 2.05) is 19.1 Å². The van der Waals surface area contributed by atoms with E-state index in [0.29, 0.717) is 11.0 Å². The summed E-state index contributed by atoms with van der Waals surface area (Å²) < 4.78 is 6.19. The molecular formula is C21H29N3O2S2. The summed E-state index contributed by atoms with van der Waals surface area (Å²) >= 11 is 3.21. The molecule has 0 radical (unpaired) electrons. The lowest BCUT2D eigenvalue weighted by molar-refractivity contribution is -0.115. The summed E-state index contributed by atoms with van der Waals surface area (Å²) in [4.78, 5) is 22.4. The van der Waals surface area contributed by atoms with Crippen molar-refractivity contribution in [1.29, 1.82) is 0 Å². The number of carbonyl (C=O) groups is 1. The maximum atomic E-state index is 12.4. The third kappa shape index (κ3) is 6.78. The number of rotatable bonds is 9. The Morgan fingerprint density at radius 1 is 1.36 bits per heavy atom. The molecule has 1 N–H and O–H groups in total. The molecule has 0 atom stereocenters. The van der Waals surface area contributed by atoms with Gasteiger partial charge in [0.1, 0.15) is 5.75 Å². The minimum Gasteiger partial charge on any atom is -0.490 e. The van der Waals surface area contributed by atoms with Gasteiger partial charge >= 0.3 is 0 Å².